The summed E-state index contributed by atoms with van der Waals surface area (Å²) < 4.78 is 0. The highest BCUT2D eigenvalue weighted by atomic mass is 16.2. The van der Waals surface area contributed by atoms with Crippen molar-refractivity contribution in [3.05, 3.63) is 34.2 Å². The number of carbonyl (C=O) groups is 1. The fourth-order valence-electron chi connectivity index (χ4n) is 1.13. The molecule has 82 valence electrons. The van der Waals surface area contributed by atoms with E-state index in [1.807, 2.05) is 6.92 Å². The Kier molecular flexibility index (Phi) is 3.62. The summed E-state index contributed by atoms with van der Waals surface area (Å²) in [6.07, 6.45) is 2.90. The molecule has 1 aromatic rings. The molecule has 15 heavy (non-hydrogen) atoms. The van der Waals surface area contributed by atoms with Gasteiger partial charge in [0.15, 0.2) is 5.43 Å². The van der Waals surface area contributed by atoms with E-state index < -0.39 is 0 Å². The van der Waals surface area contributed by atoms with Gasteiger partial charge in [-0.1, -0.05) is 0 Å². The molecule has 1 atom stereocenters. The Morgan fingerprint density at radius 1 is 1.67 bits per heavy atom. The van der Waals surface area contributed by atoms with Crippen molar-refractivity contribution in [2.24, 2.45) is 5.73 Å². The number of carbonyl (C=O) groups excluding carboxylic acids is 1. The fraction of sp³-hybridized carbons (Fsp3) is 0.400. The minimum atomic E-state index is -0.310. The molecule has 0 aromatic carbocycles. The summed E-state index contributed by atoms with van der Waals surface area (Å²) in [7, 11) is 1.63. The van der Waals surface area contributed by atoms with Crippen LogP contribution in [0.3, 0.4) is 0 Å². The maximum atomic E-state index is 11.8. The first-order chi connectivity index (χ1) is 7.07. The van der Waals surface area contributed by atoms with Crippen molar-refractivity contribution in [2.75, 3.05) is 13.6 Å². The van der Waals surface area contributed by atoms with Crippen molar-refractivity contribution in [3.8, 4) is 0 Å². The molecular weight excluding hydrogens is 194 g/mol. The van der Waals surface area contributed by atoms with Gasteiger partial charge in [0.25, 0.3) is 5.91 Å². The molecule has 0 aliphatic carbocycles. The van der Waals surface area contributed by atoms with Crippen LogP contribution in [0.5, 0.6) is 0 Å². The normalized spacial score (nSPS) is 12.2. The van der Waals surface area contributed by atoms with E-state index in [0.717, 1.165) is 0 Å². The number of nitrogens with two attached hydrogens (primary N) is 1. The second-order valence-electron chi connectivity index (χ2n) is 3.42. The molecule has 0 bridgehead atoms. The molecule has 1 unspecified atom stereocenters. The lowest BCUT2D eigenvalue weighted by Crippen LogP contribution is -2.41. The largest absolute Gasteiger partial charge is 0.367 e. The monoisotopic (exact) mass is 209 g/mol. The number of likely N-dealkylation sites (N-methyl/N-ethyl adjacent to an activating group) is 1. The summed E-state index contributed by atoms with van der Waals surface area (Å²) in [5, 5.41) is 0. The van der Waals surface area contributed by atoms with Crippen LogP contribution in [0.2, 0.25) is 0 Å². The van der Waals surface area contributed by atoms with Gasteiger partial charge in [-0.2, -0.15) is 0 Å². The van der Waals surface area contributed by atoms with E-state index in [4.69, 9.17) is 5.73 Å². The van der Waals surface area contributed by atoms with Crippen LogP contribution in [0.25, 0.3) is 0 Å². The van der Waals surface area contributed by atoms with Gasteiger partial charge in [0.1, 0.15) is 5.56 Å². The second-order valence-corrected chi connectivity index (χ2v) is 3.42. The minimum absolute atomic E-state index is 0.0860. The molecule has 0 radical (unpaired) electrons. The van der Waals surface area contributed by atoms with Crippen LogP contribution in [0.1, 0.15) is 17.3 Å². The van der Waals surface area contributed by atoms with Crippen molar-refractivity contribution in [3.63, 3.8) is 0 Å². The summed E-state index contributed by atoms with van der Waals surface area (Å²) in [6, 6.07) is 1.24. The average molecular weight is 209 g/mol. The summed E-state index contributed by atoms with van der Waals surface area (Å²) in [6.45, 7) is 2.20. The maximum Gasteiger partial charge on any atom is 0.259 e. The number of aromatic nitrogens is 1. The number of rotatable bonds is 3. The zero-order valence-electron chi connectivity index (χ0n) is 8.86. The zero-order chi connectivity index (χ0) is 11.4. The molecule has 0 spiro atoms. The Morgan fingerprint density at radius 3 is 2.87 bits per heavy atom. The number of aromatic amines is 1. The van der Waals surface area contributed by atoms with Crippen LogP contribution in [-0.4, -0.2) is 35.4 Å². The molecule has 3 N–H and O–H groups in total. The predicted molar refractivity (Wildman–Crippen MR) is 57.7 cm³/mol. The summed E-state index contributed by atoms with van der Waals surface area (Å²) in [4.78, 5) is 27.4. The summed E-state index contributed by atoms with van der Waals surface area (Å²) in [5.74, 6) is -0.310. The molecule has 1 heterocycles. The first-order valence-corrected chi connectivity index (χ1v) is 4.72. The third kappa shape index (κ3) is 2.44. The van der Waals surface area contributed by atoms with Gasteiger partial charge in [-0.3, -0.25) is 9.59 Å². The van der Waals surface area contributed by atoms with Crippen molar-refractivity contribution in [2.45, 2.75) is 13.0 Å². The highest BCUT2D eigenvalue weighted by Gasteiger charge is 2.18. The van der Waals surface area contributed by atoms with Gasteiger partial charge in [-0.15, -0.1) is 0 Å². The molecule has 0 aliphatic heterocycles. The van der Waals surface area contributed by atoms with E-state index >= 15 is 0 Å². The Bertz CT molecular complexity index is 400. The average Bonchev–Trinajstić information content (AvgIpc) is 2.26. The Balaban J connectivity index is 2.95. The highest BCUT2D eigenvalue weighted by molar-refractivity contribution is 5.93. The second kappa shape index (κ2) is 4.75. The van der Waals surface area contributed by atoms with Crippen LogP contribution >= 0.6 is 0 Å². The lowest BCUT2D eigenvalue weighted by atomic mass is 10.2. The maximum absolute atomic E-state index is 11.8. The number of amides is 1. The Hall–Kier alpha value is -1.62. The van der Waals surface area contributed by atoms with Crippen LogP contribution in [0.4, 0.5) is 0 Å². The third-order valence-electron chi connectivity index (χ3n) is 2.38. The molecule has 0 saturated carbocycles. The van der Waals surface area contributed by atoms with Gasteiger partial charge in [-0.05, 0) is 6.92 Å². The lowest BCUT2D eigenvalue weighted by molar-refractivity contribution is 0.0746. The molecule has 0 saturated heterocycles. The van der Waals surface area contributed by atoms with E-state index in [9.17, 15) is 9.59 Å². The van der Waals surface area contributed by atoms with E-state index in [1.54, 1.807) is 7.05 Å². The molecular formula is C10H15N3O2. The SMILES string of the molecule is CC(CN)N(C)C(=O)c1c[nH]ccc1=O. The van der Waals surface area contributed by atoms with Gasteiger partial charge < -0.3 is 15.6 Å². The Labute approximate surface area is 87.9 Å². The van der Waals surface area contributed by atoms with Gasteiger partial charge in [0.2, 0.25) is 0 Å². The van der Waals surface area contributed by atoms with Crippen molar-refractivity contribution in [1.82, 2.24) is 9.88 Å². The van der Waals surface area contributed by atoms with Gasteiger partial charge in [-0.25, -0.2) is 0 Å². The van der Waals surface area contributed by atoms with Gasteiger partial charge in [0.05, 0.1) is 0 Å². The standard InChI is InChI=1S/C10H15N3O2/c1-7(5-11)13(2)10(15)8-6-12-4-3-9(8)14/h3-4,6-7H,5,11H2,1-2H3,(H,12,14). The molecule has 1 rings (SSSR count). The van der Waals surface area contributed by atoms with Gasteiger partial charge >= 0.3 is 0 Å². The van der Waals surface area contributed by atoms with Crippen molar-refractivity contribution in [1.29, 1.82) is 0 Å². The van der Waals surface area contributed by atoms with E-state index in [0.29, 0.717) is 6.54 Å². The van der Waals surface area contributed by atoms with E-state index in [2.05, 4.69) is 4.98 Å². The molecule has 5 nitrogen and oxygen atoms in total. The molecule has 0 fully saturated rings. The van der Waals surface area contributed by atoms with E-state index in [1.165, 1.54) is 23.4 Å². The first kappa shape index (κ1) is 11.5. The first-order valence-electron chi connectivity index (χ1n) is 4.72. The van der Waals surface area contributed by atoms with Crippen LogP contribution in [0, 0.1) is 0 Å². The van der Waals surface area contributed by atoms with Crippen LogP contribution < -0.4 is 11.2 Å². The van der Waals surface area contributed by atoms with Crippen molar-refractivity contribution >= 4 is 5.91 Å². The minimum Gasteiger partial charge on any atom is -0.367 e. The third-order valence-corrected chi connectivity index (χ3v) is 2.38. The number of hydrogen-bond donors (Lipinski definition) is 2. The fourth-order valence-corrected chi connectivity index (χ4v) is 1.13. The predicted octanol–water partition coefficient (Wildman–Crippen LogP) is -0.206. The summed E-state index contributed by atoms with van der Waals surface area (Å²) in [5.41, 5.74) is 5.30. The number of pyridine rings is 1. The highest BCUT2D eigenvalue weighted by Crippen LogP contribution is 2.00. The molecule has 1 amide bonds. The Morgan fingerprint density at radius 2 is 2.33 bits per heavy atom. The number of nitrogens with one attached hydrogen (secondary N) is 1. The van der Waals surface area contributed by atoms with Crippen LogP contribution in [-0.2, 0) is 0 Å². The van der Waals surface area contributed by atoms with Crippen LogP contribution in [0.15, 0.2) is 23.3 Å². The molecule has 5 heteroatoms. The van der Waals surface area contributed by atoms with Crippen molar-refractivity contribution < 1.29 is 4.79 Å². The quantitative estimate of drug-likeness (QED) is 0.723. The number of hydrogen-bond acceptors (Lipinski definition) is 3. The zero-order valence-corrected chi connectivity index (χ0v) is 8.86. The number of H-pyrrole nitrogens is 1. The van der Waals surface area contributed by atoms with Gasteiger partial charge in [0, 0.05) is 38.1 Å². The summed E-state index contributed by atoms with van der Waals surface area (Å²) >= 11 is 0. The molecule has 1 aromatic heterocycles. The smallest absolute Gasteiger partial charge is 0.259 e. The van der Waals surface area contributed by atoms with E-state index in [-0.39, 0.29) is 22.9 Å². The number of nitrogens with zero attached hydrogens (tertiary/aromatic N) is 1. The lowest BCUT2D eigenvalue weighted by Gasteiger charge is -2.23. The molecule has 0 aliphatic rings. The topological polar surface area (TPSA) is 79.2 Å².